The van der Waals surface area contributed by atoms with Gasteiger partial charge in [0, 0.05) is 15.7 Å². The van der Waals surface area contributed by atoms with E-state index < -0.39 is 0 Å². The Labute approximate surface area is 221 Å². The molecule has 5 rings (SSSR count). The van der Waals surface area contributed by atoms with Gasteiger partial charge in [0.2, 0.25) is 5.89 Å². The first-order chi connectivity index (χ1) is 17.5. The molecule has 2 N–H and O–H groups in total. The number of hydrogen-bond acceptors (Lipinski definition) is 5. The highest BCUT2D eigenvalue weighted by molar-refractivity contribution is 9.10. The number of oxazole rings is 1. The first-order valence-electron chi connectivity index (χ1n) is 11.0. The van der Waals surface area contributed by atoms with Crippen molar-refractivity contribution in [3.8, 4) is 28.3 Å². The number of halogens is 1. The summed E-state index contributed by atoms with van der Waals surface area (Å²) in [4.78, 5) is 17.3. The summed E-state index contributed by atoms with van der Waals surface area (Å²) in [5.41, 5.74) is 5.52. The predicted octanol–water partition coefficient (Wildman–Crippen LogP) is 7.06. The van der Waals surface area contributed by atoms with Crippen molar-refractivity contribution in [1.29, 1.82) is 0 Å². The first-order valence-corrected chi connectivity index (χ1v) is 12.2. The number of carbonyl (C=O) groups is 1. The van der Waals surface area contributed by atoms with Gasteiger partial charge >= 0.3 is 0 Å². The lowest BCUT2D eigenvalue weighted by Gasteiger charge is -2.12. The fraction of sp³-hybridized carbons (Fsp3) is 0.0357. The number of amides is 1. The molecule has 0 saturated heterocycles. The summed E-state index contributed by atoms with van der Waals surface area (Å²) in [5.74, 6) is 0.598. The van der Waals surface area contributed by atoms with Gasteiger partial charge in [0.05, 0.1) is 12.7 Å². The molecule has 1 amide bonds. The molecule has 0 bridgehead atoms. The Morgan fingerprint density at radius 3 is 2.39 bits per heavy atom. The molecular formula is C28H20BrN3O3S. The lowest BCUT2D eigenvalue weighted by atomic mass is 10.0. The van der Waals surface area contributed by atoms with E-state index in [1.165, 1.54) is 7.11 Å². The van der Waals surface area contributed by atoms with Crippen molar-refractivity contribution in [3.63, 3.8) is 0 Å². The molecule has 1 aromatic heterocycles. The zero-order valence-electron chi connectivity index (χ0n) is 19.1. The van der Waals surface area contributed by atoms with Crippen LogP contribution in [-0.2, 0) is 0 Å². The average Bonchev–Trinajstić information content (AvgIpc) is 3.32. The highest BCUT2D eigenvalue weighted by Gasteiger charge is 2.15. The summed E-state index contributed by atoms with van der Waals surface area (Å²) < 4.78 is 12.0. The Morgan fingerprint density at radius 2 is 1.64 bits per heavy atom. The SMILES string of the molecule is COc1ccc(Br)cc1C(=O)NC(=S)Nc1ccc2oc(-c3ccc(-c4ccccc4)cc3)nc2c1. The molecule has 0 unspecified atom stereocenters. The van der Waals surface area contributed by atoms with Gasteiger partial charge < -0.3 is 14.5 Å². The fourth-order valence-electron chi connectivity index (χ4n) is 3.75. The standard InChI is InChI=1S/C28H20BrN3O3S/c1-34-24-13-11-20(29)15-22(24)26(33)32-28(36)30-21-12-14-25-23(16-21)31-27(35-25)19-9-7-18(8-10-19)17-5-3-2-4-6-17/h2-16H,1H3,(H2,30,32,33,36). The average molecular weight is 558 g/mol. The van der Waals surface area contributed by atoms with Crippen LogP contribution in [0.1, 0.15) is 10.4 Å². The van der Waals surface area contributed by atoms with Gasteiger partial charge in [-0.3, -0.25) is 10.1 Å². The van der Waals surface area contributed by atoms with Gasteiger partial charge in [-0.05, 0) is 71.9 Å². The van der Waals surface area contributed by atoms with Gasteiger partial charge in [0.25, 0.3) is 5.91 Å². The molecule has 0 aliphatic heterocycles. The van der Waals surface area contributed by atoms with Gasteiger partial charge in [-0.1, -0.05) is 58.4 Å². The maximum absolute atomic E-state index is 12.7. The minimum atomic E-state index is -0.380. The number of anilines is 1. The van der Waals surface area contributed by atoms with Gasteiger partial charge in [-0.2, -0.15) is 0 Å². The van der Waals surface area contributed by atoms with Crippen molar-refractivity contribution in [2.24, 2.45) is 0 Å². The van der Waals surface area contributed by atoms with Crippen LogP contribution in [0.2, 0.25) is 0 Å². The number of thiocarbonyl (C=S) groups is 1. The largest absolute Gasteiger partial charge is 0.496 e. The van der Waals surface area contributed by atoms with Crippen molar-refractivity contribution in [2.75, 3.05) is 12.4 Å². The zero-order valence-corrected chi connectivity index (χ0v) is 21.5. The van der Waals surface area contributed by atoms with Gasteiger partial charge in [0.1, 0.15) is 11.3 Å². The zero-order chi connectivity index (χ0) is 25.1. The molecule has 4 aromatic carbocycles. The number of methoxy groups -OCH3 is 1. The topological polar surface area (TPSA) is 76.4 Å². The molecule has 0 fully saturated rings. The van der Waals surface area contributed by atoms with Gasteiger partial charge in [-0.25, -0.2) is 4.98 Å². The van der Waals surface area contributed by atoms with E-state index in [1.54, 1.807) is 18.2 Å². The Bertz CT molecular complexity index is 1570. The van der Waals surface area contributed by atoms with E-state index in [1.807, 2.05) is 60.7 Å². The second-order valence-electron chi connectivity index (χ2n) is 7.90. The lowest BCUT2D eigenvalue weighted by Crippen LogP contribution is -2.34. The minimum absolute atomic E-state index is 0.154. The third kappa shape index (κ3) is 5.15. The van der Waals surface area contributed by atoms with Crippen LogP contribution in [-0.4, -0.2) is 23.1 Å². The summed E-state index contributed by atoms with van der Waals surface area (Å²) >= 11 is 8.71. The summed E-state index contributed by atoms with van der Waals surface area (Å²) in [6.45, 7) is 0. The molecule has 36 heavy (non-hydrogen) atoms. The van der Waals surface area contributed by atoms with Crippen LogP contribution in [0.25, 0.3) is 33.7 Å². The summed E-state index contributed by atoms with van der Waals surface area (Å²) in [6.07, 6.45) is 0. The quantitative estimate of drug-likeness (QED) is 0.225. The molecule has 178 valence electrons. The van der Waals surface area contributed by atoms with Crippen molar-refractivity contribution in [1.82, 2.24) is 10.3 Å². The number of nitrogens with zero attached hydrogens (tertiary/aromatic N) is 1. The molecule has 0 spiro atoms. The molecule has 5 aromatic rings. The molecule has 0 aliphatic rings. The van der Waals surface area contributed by atoms with E-state index >= 15 is 0 Å². The van der Waals surface area contributed by atoms with Crippen LogP contribution < -0.4 is 15.4 Å². The van der Waals surface area contributed by atoms with Gasteiger partial charge in [0.15, 0.2) is 10.7 Å². The number of nitrogens with one attached hydrogen (secondary N) is 2. The van der Waals surface area contributed by atoms with Crippen LogP contribution in [0, 0.1) is 0 Å². The normalized spacial score (nSPS) is 10.7. The van der Waals surface area contributed by atoms with E-state index in [9.17, 15) is 4.79 Å². The highest BCUT2D eigenvalue weighted by atomic mass is 79.9. The molecule has 0 saturated carbocycles. The Balaban J connectivity index is 1.30. The number of benzene rings is 4. The molecule has 8 heteroatoms. The number of rotatable bonds is 5. The van der Waals surface area contributed by atoms with E-state index in [0.29, 0.717) is 34.0 Å². The second kappa shape index (κ2) is 10.3. The Kier molecular flexibility index (Phi) is 6.79. The van der Waals surface area contributed by atoms with Crippen LogP contribution in [0.4, 0.5) is 5.69 Å². The molecule has 0 atom stereocenters. The predicted molar refractivity (Wildman–Crippen MR) is 149 cm³/mol. The monoisotopic (exact) mass is 557 g/mol. The van der Waals surface area contributed by atoms with E-state index in [0.717, 1.165) is 21.2 Å². The van der Waals surface area contributed by atoms with Gasteiger partial charge in [-0.15, -0.1) is 0 Å². The molecule has 0 radical (unpaired) electrons. The van der Waals surface area contributed by atoms with Crippen molar-refractivity contribution < 1.29 is 13.9 Å². The second-order valence-corrected chi connectivity index (χ2v) is 9.22. The Morgan fingerprint density at radius 1 is 0.917 bits per heavy atom. The Hall–Kier alpha value is -4.01. The maximum atomic E-state index is 12.7. The van der Waals surface area contributed by atoms with Crippen LogP contribution >= 0.6 is 28.1 Å². The molecule has 6 nitrogen and oxygen atoms in total. The maximum Gasteiger partial charge on any atom is 0.261 e. The summed E-state index contributed by atoms with van der Waals surface area (Å²) in [6, 6.07) is 28.9. The van der Waals surface area contributed by atoms with Crippen molar-refractivity contribution in [3.05, 3.63) is 101 Å². The molecular weight excluding hydrogens is 538 g/mol. The summed E-state index contributed by atoms with van der Waals surface area (Å²) in [5, 5.41) is 5.86. The first kappa shape index (κ1) is 23.7. The number of carbonyl (C=O) groups excluding carboxylic acids is 1. The van der Waals surface area contributed by atoms with E-state index in [4.69, 9.17) is 21.4 Å². The number of fused-ring (bicyclic) bond motifs is 1. The van der Waals surface area contributed by atoms with Crippen molar-refractivity contribution in [2.45, 2.75) is 0 Å². The third-order valence-electron chi connectivity index (χ3n) is 5.52. The number of aromatic nitrogens is 1. The van der Waals surface area contributed by atoms with Crippen LogP contribution in [0.15, 0.2) is 99.9 Å². The minimum Gasteiger partial charge on any atom is -0.496 e. The highest BCUT2D eigenvalue weighted by Crippen LogP contribution is 2.28. The van der Waals surface area contributed by atoms with E-state index in [2.05, 4.69) is 43.7 Å². The van der Waals surface area contributed by atoms with Crippen LogP contribution in [0.3, 0.4) is 0 Å². The summed E-state index contributed by atoms with van der Waals surface area (Å²) in [7, 11) is 1.51. The van der Waals surface area contributed by atoms with Crippen LogP contribution in [0.5, 0.6) is 5.75 Å². The molecule has 0 aliphatic carbocycles. The number of ether oxygens (including phenoxy) is 1. The third-order valence-corrected chi connectivity index (χ3v) is 6.21. The number of hydrogen-bond donors (Lipinski definition) is 2. The fourth-order valence-corrected chi connectivity index (χ4v) is 4.33. The molecule has 1 heterocycles. The van der Waals surface area contributed by atoms with Crippen molar-refractivity contribution >= 4 is 56.0 Å². The lowest BCUT2D eigenvalue weighted by molar-refractivity contribution is 0.0974. The smallest absolute Gasteiger partial charge is 0.261 e. The van der Waals surface area contributed by atoms with E-state index in [-0.39, 0.29) is 11.0 Å².